The predicted molar refractivity (Wildman–Crippen MR) is 89.9 cm³/mol. The minimum absolute atomic E-state index is 0.136. The number of aryl methyl sites for hydroxylation is 1. The highest BCUT2D eigenvalue weighted by Gasteiger charge is 2.30. The summed E-state index contributed by atoms with van der Waals surface area (Å²) in [5.74, 6) is 0.574. The summed E-state index contributed by atoms with van der Waals surface area (Å²) >= 11 is 0. The summed E-state index contributed by atoms with van der Waals surface area (Å²) in [6.45, 7) is 2.67. The van der Waals surface area contributed by atoms with Gasteiger partial charge in [0.05, 0.1) is 6.54 Å². The number of alkyl halides is 3. The normalized spacial score (nSPS) is 11.9. The lowest BCUT2D eigenvalue weighted by molar-refractivity contribution is -0.274. The number of nitrogens with two attached hydrogens (primary N) is 1. The molecule has 134 valence electrons. The largest absolute Gasteiger partial charge is 0.573 e. The van der Waals surface area contributed by atoms with Crippen LogP contribution in [-0.4, -0.2) is 25.5 Å². The van der Waals surface area contributed by atoms with Crippen molar-refractivity contribution < 1.29 is 22.6 Å². The Bertz CT molecular complexity index is 699. The van der Waals surface area contributed by atoms with Gasteiger partial charge in [0.2, 0.25) is 0 Å². The number of benzene rings is 2. The summed E-state index contributed by atoms with van der Waals surface area (Å²) in [6.07, 6.45) is -4.72. The van der Waals surface area contributed by atoms with Crippen LogP contribution >= 0.6 is 0 Å². The molecule has 2 aromatic carbocycles. The maximum atomic E-state index is 12.1. The number of aliphatic imine (C=N–C) groups is 1. The van der Waals surface area contributed by atoms with Crippen LogP contribution in [-0.2, 0) is 0 Å². The summed E-state index contributed by atoms with van der Waals surface area (Å²) in [6, 6.07) is 12.8. The second kappa shape index (κ2) is 8.27. The standard InChI is InChI=1S/C17H18F3N3O2/c1-12-2-6-14(7-3-12)24-11-10-22-16(21)23-13-4-8-15(9-5-13)25-17(18,19)20/h2-9H,10-11H2,1H3,(H3,21,22,23). The van der Waals surface area contributed by atoms with Crippen LogP contribution in [0.25, 0.3) is 0 Å². The van der Waals surface area contributed by atoms with E-state index in [-0.39, 0.29) is 11.7 Å². The van der Waals surface area contributed by atoms with Gasteiger partial charge in [-0.1, -0.05) is 17.7 Å². The number of nitrogens with one attached hydrogen (secondary N) is 1. The van der Waals surface area contributed by atoms with Crippen LogP contribution in [0.3, 0.4) is 0 Å². The molecule has 0 saturated heterocycles. The molecule has 0 amide bonds. The lowest BCUT2D eigenvalue weighted by Gasteiger charge is -2.10. The molecular weight excluding hydrogens is 335 g/mol. The Balaban J connectivity index is 1.77. The minimum atomic E-state index is -4.72. The summed E-state index contributed by atoms with van der Waals surface area (Å²) < 4.78 is 45.5. The first kappa shape index (κ1) is 18.4. The molecular formula is C17H18F3N3O2. The Morgan fingerprint density at radius 2 is 1.64 bits per heavy atom. The first-order valence-electron chi connectivity index (χ1n) is 7.44. The summed E-state index contributed by atoms with van der Waals surface area (Å²) in [5, 5.41) is 2.77. The zero-order chi connectivity index (χ0) is 18.3. The van der Waals surface area contributed by atoms with Crippen molar-refractivity contribution in [3.05, 3.63) is 54.1 Å². The van der Waals surface area contributed by atoms with E-state index in [2.05, 4.69) is 15.0 Å². The van der Waals surface area contributed by atoms with Crippen LogP contribution in [0, 0.1) is 6.92 Å². The molecule has 2 rings (SSSR count). The molecule has 2 aromatic rings. The lowest BCUT2D eigenvalue weighted by atomic mass is 10.2. The predicted octanol–water partition coefficient (Wildman–Crippen LogP) is 3.70. The van der Waals surface area contributed by atoms with Gasteiger partial charge in [-0.05, 0) is 43.3 Å². The van der Waals surface area contributed by atoms with Gasteiger partial charge in [-0.15, -0.1) is 13.2 Å². The molecule has 0 heterocycles. The van der Waals surface area contributed by atoms with Gasteiger partial charge in [-0.25, -0.2) is 4.99 Å². The van der Waals surface area contributed by atoms with E-state index in [9.17, 15) is 13.2 Å². The van der Waals surface area contributed by atoms with E-state index in [4.69, 9.17) is 10.5 Å². The monoisotopic (exact) mass is 353 g/mol. The quantitative estimate of drug-likeness (QED) is 0.472. The molecule has 0 radical (unpaired) electrons. The average Bonchev–Trinajstić information content (AvgIpc) is 2.54. The van der Waals surface area contributed by atoms with Crippen molar-refractivity contribution in [3.8, 4) is 11.5 Å². The van der Waals surface area contributed by atoms with Gasteiger partial charge in [0.25, 0.3) is 0 Å². The van der Waals surface area contributed by atoms with E-state index in [0.29, 0.717) is 18.8 Å². The number of hydrogen-bond donors (Lipinski definition) is 2. The van der Waals surface area contributed by atoms with Crippen molar-refractivity contribution in [2.45, 2.75) is 13.3 Å². The third kappa shape index (κ3) is 7.03. The number of rotatable bonds is 6. The van der Waals surface area contributed by atoms with E-state index in [0.717, 1.165) is 11.3 Å². The SMILES string of the molecule is Cc1ccc(OCCN=C(N)Nc2ccc(OC(F)(F)F)cc2)cc1. The van der Waals surface area contributed by atoms with Crippen LogP contribution in [0.1, 0.15) is 5.56 Å². The van der Waals surface area contributed by atoms with Gasteiger partial charge >= 0.3 is 6.36 Å². The van der Waals surface area contributed by atoms with Gasteiger partial charge in [-0.3, -0.25) is 0 Å². The molecule has 0 aliphatic rings. The molecule has 5 nitrogen and oxygen atoms in total. The van der Waals surface area contributed by atoms with Crippen molar-refractivity contribution in [3.63, 3.8) is 0 Å². The fourth-order valence-electron chi connectivity index (χ4n) is 1.89. The highest BCUT2D eigenvalue weighted by molar-refractivity contribution is 5.92. The van der Waals surface area contributed by atoms with Gasteiger partial charge < -0.3 is 20.5 Å². The summed E-state index contributed by atoms with van der Waals surface area (Å²) in [4.78, 5) is 4.08. The van der Waals surface area contributed by atoms with E-state index in [1.807, 2.05) is 31.2 Å². The van der Waals surface area contributed by atoms with Crippen LogP contribution in [0.5, 0.6) is 11.5 Å². The maximum absolute atomic E-state index is 12.1. The number of ether oxygens (including phenoxy) is 2. The number of nitrogens with zero attached hydrogens (tertiary/aromatic N) is 1. The van der Waals surface area contributed by atoms with Crippen molar-refractivity contribution in [2.24, 2.45) is 10.7 Å². The molecule has 0 bridgehead atoms. The number of guanidine groups is 1. The highest BCUT2D eigenvalue weighted by atomic mass is 19.4. The average molecular weight is 353 g/mol. The molecule has 0 aliphatic carbocycles. The first-order chi connectivity index (χ1) is 11.8. The van der Waals surface area contributed by atoms with Gasteiger partial charge in [0.1, 0.15) is 18.1 Å². The third-order valence-corrected chi connectivity index (χ3v) is 3.02. The number of anilines is 1. The van der Waals surface area contributed by atoms with Gasteiger partial charge in [0, 0.05) is 5.69 Å². The highest BCUT2D eigenvalue weighted by Crippen LogP contribution is 2.23. The van der Waals surface area contributed by atoms with Crippen molar-refractivity contribution in [2.75, 3.05) is 18.5 Å². The molecule has 0 saturated carbocycles. The van der Waals surface area contributed by atoms with Crippen molar-refractivity contribution in [1.82, 2.24) is 0 Å². The zero-order valence-corrected chi connectivity index (χ0v) is 13.5. The van der Waals surface area contributed by atoms with Crippen LogP contribution < -0.4 is 20.5 Å². The molecule has 0 fully saturated rings. The van der Waals surface area contributed by atoms with Crippen molar-refractivity contribution in [1.29, 1.82) is 0 Å². The van der Waals surface area contributed by atoms with Gasteiger partial charge in [-0.2, -0.15) is 0 Å². The van der Waals surface area contributed by atoms with Crippen molar-refractivity contribution >= 4 is 11.6 Å². The Morgan fingerprint density at radius 3 is 2.24 bits per heavy atom. The molecule has 0 unspecified atom stereocenters. The maximum Gasteiger partial charge on any atom is 0.573 e. The molecule has 8 heteroatoms. The van der Waals surface area contributed by atoms with E-state index >= 15 is 0 Å². The Hall–Kier alpha value is -2.90. The number of halogens is 3. The minimum Gasteiger partial charge on any atom is -0.492 e. The third-order valence-electron chi connectivity index (χ3n) is 3.02. The van der Waals surface area contributed by atoms with E-state index in [1.165, 1.54) is 24.3 Å². The lowest BCUT2D eigenvalue weighted by Crippen LogP contribution is -2.23. The number of hydrogen-bond acceptors (Lipinski definition) is 3. The van der Waals surface area contributed by atoms with Crippen LogP contribution in [0.4, 0.5) is 18.9 Å². The van der Waals surface area contributed by atoms with E-state index in [1.54, 1.807) is 0 Å². The van der Waals surface area contributed by atoms with Crippen LogP contribution in [0.2, 0.25) is 0 Å². The fraction of sp³-hybridized carbons (Fsp3) is 0.235. The smallest absolute Gasteiger partial charge is 0.492 e. The second-order valence-electron chi connectivity index (χ2n) is 5.13. The Morgan fingerprint density at radius 1 is 1.04 bits per heavy atom. The van der Waals surface area contributed by atoms with Gasteiger partial charge in [0.15, 0.2) is 5.96 Å². The summed E-state index contributed by atoms with van der Waals surface area (Å²) in [7, 11) is 0. The van der Waals surface area contributed by atoms with E-state index < -0.39 is 6.36 Å². The first-order valence-corrected chi connectivity index (χ1v) is 7.44. The van der Waals surface area contributed by atoms with Crippen LogP contribution in [0.15, 0.2) is 53.5 Å². The second-order valence-corrected chi connectivity index (χ2v) is 5.13. The molecule has 0 aliphatic heterocycles. The molecule has 3 N–H and O–H groups in total. The molecule has 0 atom stereocenters. The molecule has 0 aromatic heterocycles. The molecule has 25 heavy (non-hydrogen) atoms. The summed E-state index contributed by atoms with van der Waals surface area (Å²) in [5.41, 5.74) is 7.36. The Kier molecular flexibility index (Phi) is 6.10. The molecule has 0 spiro atoms. The Labute approximate surface area is 143 Å². The zero-order valence-electron chi connectivity index (χ0n) is 13.5. The topological polar surface area (TPSA) is 68.9 Å². The fourth-order valence-corrected chi connectivity index (χ4v) is 1.89.